The van der Waals surface area contributed by atoms with Crippen LogP contribution in [-0.4, -0.2) is 6.61 Å². The van der Waals surface area contributed by atoms with E-state index in [4.69, 9.17) is 16.3 Å². The number of hydrogen-bond donors (Lipinski definition) is 0. The number of ether oxygens (including phenoxy) is 1. The molecular weight excluding hydrogens is 280 g/mol. The van der Waals surface area contributed by atoms with Crippen molar-refractivity contribution in [2.75, 3.05) is 6.61 Å². The van der Waals surface area contributed by atoms with Crippen LogP contribution < -0.4 is 4.74 Å². The van der Waals surface area contributed by atoms with Crippen molar-refractivity contribution in [3.63, 3.8) is 0 Å². The van der Waals surface area contributed by atoms with E-state index in [2.05, 4.69) is 56.3 Å². The molecule has 3 rings (SSSR count). The fourth-order valence-corrected chi connectivity index (χ4v) is 3.23. The van der Waals surface area contributed by atoms with Crippen molar-refractivity contribution in [1.29, 1.82) is 0 Å². The van der Waals surface area contributed by atoms with Crippen LogP contribution in [0.15, 0.2) is 48.5 Å². The smallest absolute Gasteiger partial charge is 0.122 e. The van der Waals surface area contributed by atoms with Gasteiger partial charge < -0.3 is 4.74 Å². The summed E-state index contributed by atoms with van der Waals surface area (Å²) >= 11 is 6.83. The maximum atomic E-state index is 6.83. The molecule has 110 valence electrons. The predicted molar refractivity (Wildman–Crippen MR) is 88.3 cm³/mol. The van der Waals surface area contributed by atoms with Crippen LogP contribution in [0.3, 0.4) is 0 Å². The molecule has 0 amide bonds. The zero-order valence-electron chi connectivity index (χ0n) is 12.6. The fraction of sp³-hybridized carbons (Fsp3) is 0.368. The van der Waals surface area contributed by atoms with Crippen LogP contribution in [0.5, 0.6) is 5.75 Å². The van der Waals surface area contributed by atoms with Gasteiger partial charge in [-0.15, -0.1) is 11.6 Å². The van der Waals surface area contributed by atoms with Crippen molar-refractivity contribution in [1.82, 2.24) is 0 Å². The fourth-order valence-electron chi connectivity index (χ4n) is 2.97. The SMILES string of the molecule is CC(C)(c1ccccc1)C(Cl)c1ccc2c(c1)CCCO2. The second-order valence-electron chi connectivity index (χ2n) is 6.27. The second-order valence-corrected chi connectivity index (χ2v) is 6.71. The lowest BCUT2D eigenvalue weighted by Gasteiger charge is -2.31. The number of fused-ring (bicyclic) bond motifs is 1. The van der Waals surface area contributed by atoms with Gasteiger partial charge in [0.2, 0.25) is 0 Å². The molecule has 0 N–H and O–H groups in total. The molecule has 0 radical (unpaired) electrons. The van der Waals surface area contributed by atoms with E-state index < -0.39 is 0 Å². The molecule has 0 aromatic heterocycles. The molecule has 1 unspecified atom stereocenters. The van der Waals surface area contributed by atoms with Gasteiger partial charge in [0.1, 0.15) is 5.75 Å². The molecule has 0 fully saturated rings. The molecule has 2 aromatic rings. The lowest BCUT2D eigenvalue weighted by atomic mass is 9.78. The number of alkyl halides is 1. The van der Waals surface area contributed by atoms with Crippen molar-refractivity contribution >= 4 is 11.6 Å². The van der Waals surface area contributed by atoms with Gasteiger partial charge in [-0.1, -0.05) is 56.3 Å². The van der Waals surface area contributed by atoms with E-state index in [1.165, 1.54) is 16.7 Å². The summed E-state index contributed by atoms with van der Waals surface area (Å²) in [5, 5.41) is -0.0628. The average molecular weight is 301 g/mol. The zero-order chi connectivity index (χ0) is 14.9. The molecule has 0 bridgehead atoms. The summed E-state index contributed by atoms with van der Waals surface area (Å²) in [4.78, 5) is 0. The largest absolute Gasteiger partial charge is 0.493 e. The van der Waals surface area contributed by atoms with Crippen LogP contribution in [0.25, 0.3) is 0 Å². The third-order valence-corrected chi connectivity index (χ3v) is 5.17. The predicted octanol–water partition coefficient (Wildman–Crippen LogP) is 5.27. The first-order chi connectivity index (χ1) is 10.1. The van der Waals surface area contributed by atoms with Gasteiger partial charge in [-0.3, -0.25) is 0 Å². The van der Waals surface area contributed by atoms with Gasteiger partial charge in [0.15, 0.2) is 0 Å². The molecule has 1 aliphatic rings. The third-order valence-electron chi connectivity index (χ3n) is 4.38. The minimum absolute atomic E-state index is 0.0628. The molecule has 2 heteroatoms. The monoisotopic (exact) mass is 300 g/mol. The molecule has 1 heterocycles. The molecule has 0 aliphatic carbocycles. The van der Waals surface area contributed by atoms with Crippen LogP contribution in [0, 0.1) is 0 Å². The van der Waals surface area contributed by atoms with Crippen molar-refractivity contribution in [2.24, 2.45) is 0 Å². The zero-order valence-corrected chi connectivity index (χ0v) is 13.4. The van der Waals surface area contributed by atoms with E-state index in [-0.39, 0.29) is 10.8 Å². The summed E-state index contributed by atoms with van der Waals surface area (Å²) < 4.78 is 5.69. The average Bonchev–Trinajstić information content (AvgIpc) is 2.54. The Morgan fingerprint density at radius 1 is 1.10 bits per heavy atom. The number of halogens is 1. The first kappa shape index (κ1) is 14.5. The molecule has 0 saturated carbocycles. The third kappa shape index (κ3) is 2.80. The van der Waals surface area contributed by atoms with Gasteiger partial charge in [-0.25, -0.2) is 0 Å². The van der Waals surface area contributed by atoms with Gasteiger partial charge in [0, 0.05) is 5.41 Å². The summed E-state index contributed by atoms with van der Waals surface area (Å²) in [6.45, 7) is 5.23. The van der Waals surface area contributed by atoms with Crippen molar-refractivity contribution < 1.29 is 4.74 Å². The molecule has 1 atom stereocenters. The van der Waals surface area contributed by atoms with Gasteiger partial charge in [-0.05, 0) is 35.6 Å². The van der Waals surface area contributed by atoms with Crippen LogP contribution in [-0.2, 0) is 11.8 Å². The van der Waals surface area contributed by atoms with E-state index in [0.717, 1.165) is 25.2 Å². The first-order valence-corrected chi connectivity index (χ1v) is 7.98. The number of benzene rings is 2. The number of aryl methyl sites for hydroxylation is 1. The molecule has 0 saturated heterocycles. The van der Waals surface area contributed by atoms with E-state index in [1.54, 1.807) is 0 Å². The standard InChI is InChI=1S/C19H21ClO/c1-19(2,16-8-4-3-5-9-16)18(20)15-10-11-17-14(13-15)7-6-12-21-17/h3-5,8-11,13,18H,6-7,12H2,1-2H3. The maximum absolute atomic E-state index is 6.83. The Labute approximate surface area is 131 Å². The molecule has 0 spiro atoms. The summed E-state index contributed by atoms with van der Waals surface area (Å²) in [6, 6.07) is 16.9. The Hall–Kier alpha value is -1.47. The van der Waals surface area contributed by atoms with Crippen LogP contribution in [0.2, 0.25) is 0 Å². The highest BCUT2D eigenvalue weighted by Gasteiger charge is 2.31. The Kier molecular flexibility index (Phi) is 3.95. The van der Waals surface area contributed by atoms with Gasteiger partial charge >= 0.3 is 0 Å². The highest BCUT2D eigenvalue weighted by molar-refractivity contribution is 6.21. The van der Waals surface area contributed by atoms with Gasteiger partial charge in [0.25, 0.3) is 0 Å². The van der Waals surface area contributed by atoms with Crippen molar-refractivity contribution in [3.8, 4) is 5.75 Å². The molecule has 21 heavy (non-hydrogen) atoms. The topological polar surface area (TPSA) is 9.23 Å². The van der Waals surface area contributed by atoms with Crippen LogP contribution >= 0.6 is 11.6 Å². The van der Waals surface area contributed by atoms with Crippen molar-refractivity contribution in [3.05, 3.63) is 65.2 Å². The minimum Gasteiger partial charge on any atom is -0.493 e. The van der Waals surface area contributed by atoms with Gasteiger partial charge in [-0.2, -0.15) is 0 Å². The normalized spacial score (nSPS) is 16.0. The Balaban J connectivity index is 1.92. The lowest BCUT2D eigenvalue weighted by molar-refractivity contribution is 0.288. The molecule has 1 aliphatic heterocycles. The Morgan fingerprint density at radius 2 is 1.86 bits per heavy atom. The van der Waals surface area contributed by atoms with Crippen LogP contribution in [0.1, 0.15) is 42.3 Å². The maximum Gasteiger partial charge on any atom is 0.122 e. The highest BCUT2D eigenvalue weighted by atomic mass is 35.5. The van der Waals surface area contributed by atoms with E-state index >= 15 is 0 Å². The van der Waals surface area contributed by atoms with Gasteiger partial charge in [0.05, 0.1) is 12.0 Å². The Morgan fingerprint density at radius 3 is 2.62 bits per heavy atom. The summed E-state index contributed by atoms with van der Waals surface area (Å²) in [6.07, 6.45) is 2.17. The number of rotatable bonds is 3. The minimum atomic E-state index is -0.118. The quantitative estimate of drug-likeness (QED) is 0.702. The summed E-state index contributed by atoms with van der Waals surface area (Å²) in [5.74, 6) is 1.02. The molecule has 2 aromatic carbocycles. The van der Waals surface area contributed by atoms with Crippen molar-refractivity contribution in [2.45, 2.75) is 37.5 Å². The summed E-state index contributed by atoms with van der Waals surface area (Å²) in [5.41, 5.74) is 3.61. The highest BCUT2D eigenvalue weighted by Crippen LogP contribution is 2.42. The number of hydrogen-bond acceptors (Lipinski definition) is 1. The summed E-state index contributed by atoms with van der Waals surface area (Å²) in [7, 11) is 0. The van der Waals surface area contributed by atoms with E-state index in [1.807, 2.05) is 6.07 Å². The van der Waals surface area contributed by atoms with E-state index in [0.29, 0.717) is 0 Å². The van der Waals surface area contributed by atoms with E-state index in [9.17, 15) is 0 Å². The molecule has 1 nitrogen and oxygen atoms in total. The van der Waals surface area contributed by atoms with Crippen LogP contribution in [0.4, 0.5) is 0 Å². The first-order valence-electron chi connectivity index (χ1n) is 7.54. The lowest BCUT2D eigenvalue weighted by Crippen LogP contribution is -2.23. The Bertz CT molecular complexity index is 619. The second kappa shape index (κ2) is 5.73. The molecular formula is C19H21ClO.